The summed E-state index contributed by atoms with van der Waals surface area (Å²) in [5, 5.41) is 4.49. The van der Waals surface area contributed by atoms with Crippen molar-refractivity contribution >= 4 is 40.3 Å². The van der Waals surface area contributed by atoms with Crippen LogP contribution in [0.5, 0.6) is 0 Å². The highest BCUT2D eigenvalue weighted by Crippen LogP contribution is 2.26. The smallest absolute Gasteiger partial charge is 0.230 e. The Morgan fingerprint density at radius 2 is 2.30 bits per heavy atom. The van der Waals surface area contributed by atoms with Crippen LogP contribution in [0.3, 0.4) is 0 Å². The molecule has 27 heavy (non-hydrogen) atoms. The molecule has 1 heterocycles. The van der Waals surface area contributed by atoms with E-state index >= 15 is 0 Å². The second-order valence-electron chi connectivity index (χ2n) is 6.67. The maximum absolute atomic E-state index is 12.2. The number of imidazole rings is 1. The van der Waals surface area contributed by atoms with Crippen LogP contribution in [0.25, 0.3) is 11.0 Å². The fourth-order valence-electron chi connectivity index (χ4n) is 3.26. The number of methoxy groups -OCH3 is 1. The van der Waals surface area contributed by atoms with Crippen LogP contribution in [0.2, 0.25) is 5.02 Å². The number of hydrogen-bond donors (Lipinski definition) is 1. The number of allylic oxidation sites excluding steroid dienone is 1. The van der Waals surface area contributed by atoms with Crippen molar-refractivity contribution in [3.63, 3.8) is 0 Å². The number of fused-ring (bicyclic) bond motifs is 1. The van der Waals surface area contributed by atoms with Crippen molar-refractivity contribution in [1.82, 2.24) is 14.9 Å². The summed E-state index contributed by atoms with van der Waals surface area (Å²) in [4.78, 5) is 16.9. The van der Waals surface area contributed by atoms with Gasteiger partial charge in [-0.1, -0.05) is 35.0 Å². The Balaban J connectivity index is 1.56. The van der Waals surface area contributed by atoms with Gasteiger partial charge in [-0.3, -0.25) is 4.79 Å². The molecule has 3 rings (SSSR count). The van der Waals surface area contributed by atoms with Gasteiger partial charge in [0.1, 0.15) is 0 Å². The molecule has 1 aliphatic rings. The molecular formula is C20H26ClN3O2S. The Kier molecular flexibility index (Phi) is 7.61. The number of halogens is 1. The summed E-state index contributed by atoms with van der Waals surface area (Å²) in [6.45, 7) is 1.98. The molecule has 7 heteroatoms. The highest BCUT2D eigenvalue weighted by atomic mass is 35.5. The van der Waals surface area contributed by atoms with Crippen LogP contribution in [-0.4, -0.2) is 41.5 Å². The highest BCUT2D eigenvalue weighted by molar-refractivity contribution is 7.99. The third kappa shape index (κ3) is 5.74. The summed E-state index contributed by atoms with van der Waals surface area (Å²) in [6, 6.07) is 5.67. The fourth-order valence-corrected chi connectivity index (χ4v) is 4.30. The zero-order chi connectivity index (χ0) is 19.1. The number of carbonyl (C=O) groups excluding carboxylic acids is 1. The number of ether oxygens (including phenoxy) is 1. The molecule has 0 bridgehead atoms. The summed E-state index contributed by atoms with van der Waals surface area (Å²) < 4.78 is 7.29. The highest BCUT2D eigenvalue weighted by Gasteiger charge is 2.13. The van der Waals surface area contributed by atoms with E-state index in [1.54, 1.807) is 7.11 Å². The molecule has 2 aromatic rings. The van der Waals surface area contributed by atoms with E-state index < -0.39 is 0 Å². The minimum atomic E-state index is 0.0415. The zero-order valence-electron chi connectivity index (χ0n) is 15.7. The van der Waals surface area contributed by atoms with E-state index in [0.717, 1.165) is 22.6 Å². The number of hydrogen-bond acceptors (Lipinski definition) is 4. The van der Waals surface area contributed by atoms with Crippen molar-refractivity contribution in [3.05, 3.63) is 34.9 Å². The normalized spacial score (nSPS) is 14.4. The van der Waals surface area contributed by atoms with Crippen LogP contribution in [0, 0.1) is 0 Å². The number of nitrogens with one attached hydrogen (secondary N) is 1. The monoisotopic (exact) mass is 407 g/mol. The van der Waals surface area contributed by atoms with E-state index in [2.05, 4.69) is 20.9 Å². The first kappa shape index (κ1) is 20.2. The average molecular weight is 408 g/mol. The van der Waals surface area contributed by atoms with Gasteiger partial charge in [-0.15, -0.1) is 0 Å². The number of benzene rings is 1. The van der Waals surface area contributed by atoms with E-state index in [0.29, 0.717) is 30.5 Å². The van der Waals surface area contributed by atoms with Gasteiger partial charge in [0.2, 0.25) is 5.91 Å². The summed E-state index contributed by atoms with van der Waals surface area (Å²) in [6.07, 6.45) is 8.21. The van der Waals surface area contributed by atoms with Crippen molar-refractivity contribution < 1.29 is 9.53 Å². The summed E-state index contributed by atoms with van der Waals surface area (Å²) in [5.74, 6) is 0.392. The van der Waals surface area contributed by atoms with Gasteiger partial charge in [0.15, 0.2) is 5.16 Å². The Bertz CT molecular complexity index is 819. The molecule has 1 aromatic heterocycles. The standard InChI is InChI=1S/C20H26ClN3O2S/c1-26-12-11-24-18-8-7-16(21)13-17(18)23-20(24)27-14-19(25)22-10-9-15-5-3-2-4-6-15/h5,7-8,13H,2-4,6,9-12,14H2,1H3,(H,22,25). The first-order valence-electron chi connectivity index (χ1n) is 9.39. The third-order valence-corrected chi connectivity index (χ3v) is 5.89. The SMILES string of the molecule is COCCn1c(SCC(=O)NCCC2=CCCCC2)nc2cc(Cl)ccc21. The molecule has 0 saturated heterocycles. The lowest BCUT2D eigenvalue weighted by Crippen LogP contribution is -2.26. The lowest BCUT2D eigenvalue weighted by atomic mass is 9.97. The Morgan fingerprint density at radius 1 is 1.41 bits per heavy atom. The molecule has 1 aromatic carbocycles. The minimum absolute atomic E-state index is 0.0415. The minimum Gasteiger partial charge on any atom is -0.383 e. The Morgan fingerprint density at radius 3 is 3.07 bits per heavy atom. The second kappa shape index (κ2) is 10.2. The van der Waals surface area contributed by atoms with Gasteiger partial charge < -0.3 is 14.6 Å². The van der Waals surface area contributed by atoms with Crippen molar-refractivity contribution in [3.8, 4) is 0 Å². The van der Waals surface area contributed by atoms with Gasteiger partial charge in [-0.05, 0) is 50.3 Å². The molecule has 146 valence electrons. The molecule has 0 unspecified atom stereocenters. The number of carbonyl (C=O) groups is 1. The van der Waals surface area contributed by atoms with Crippen LogP contribution in [0.4, 0.5) is 0 Å². The van der Waals surface area contributed by atoms with Gasteiger partial charge in [0.05, 0.1) is 23.4 Å². The first-order valence-corrected chi connectivity index (χ1v) is 10.8. The van der Waals surface area contributed by atoms with Crippen molar-refractivity contribution in [2.45, 2.75) is 43.8 Å². The summed E-state index contributed by atoms with van der Waals surface area (Å²) in [5.41, 5.74) is 3.32. The van der Waals surface area contributed by atoms with Gasteiger partial charge in [0, 0.05) is 25.2 Å². The van der Waals surface area contributed by atoms with E-state index in [9.17, 15) is 4.79 Å². The molecular weight excluding hydrogens is 382 g/mol. The van der Waals surface area contributed by atoms with Gasteiger partial charge in [-0.2, -0.15) is 0 Å². The van der Waals surface area contributed by atoms with E-state index in [1.165, 1.54) is 43.0 Å². The molecule has 1 N–H and O–H groups in total. The van der Waals surface area contributed by atoms with Crippen molar-refractivity contribution in [1.29, 1.82) is 0 Å². The molecule has 0 aliphatic heterocycles. The number of rotatable bonds is 9. The molecule has 1 aliphatic carbocycles. The summed E-state index contributed by atoms with van der Waals surface area (Å²) in [7, 11) is 1.68. The van der Waals surface area contributed by atoms with Crippen molar-refractivity contribution in [2.75, 3.05) is 26.0 Å². The second-order valence-corrected chi connectivity index (χ2v) is 8.05. The number of thioether (sulfide) groups is 1. The fraction of sp³-hybridized carbons (Fsp3) is 0.500. The predicted molar refractivity (Wildman–Crippen MR) is 112 cm³/mol. The number of amides is 1. The largest absolute Gasteiger partial charge is 0.383 e. The quantitative estimate of drug-likeness (QED) is 0.493. The molecule has 5 nitrogen and oxygen atoms in total. The van der Waals surface area contributed by atoms with Crippen LogP contribution < -0.4 is 5.32 Å². The van der Waals surface area contributed by atoms with E-state index in [4.69, 9.17) is 16.3 Å². The topological polar surface area (TPSA) is 56.1 Å². The first-order chi connectivity index (χ1) is 13.2. The van der Waals surface area contributed by atoms with Crippen LogP contribution in [0.15, 0.2) is 35.0 Å². The van der Waals surface area contributed by atoms with E-state index in [1.807, 2.05) is 18.2 Å². The lowest BCUT2D eigenvalue weighted by Gasteiger charge is -2.13. The Hall–Kier alpha value is -1.50. The predicted octanol–water partition coefficient (Wildman–Crippen LogP) is 4.43. The lowest BCUT2D eigenvalue weighted by molar-refractivity contribution is -0.118. The van der Waals surface area contributed by atoms with Crippen LogP contribution in [0.1, 0.15) is 32.1 Å². The van der Waals surface area contributed by atoms with Crippen molar-refractivity contribution in [2.24, 2.45) is 0 Å². The van der Waals surface area contributed by atoms with E-state index in [-0.39, 0.29) is 5.91 Å². The molecule has 0 radical (unpaired) electrons. The maximum atomic E-state index is 12.2. The Labute approximate surface area is 169 Å². The summed E-state index contributed by atoms with van der Waals surface area (Å²) >= 11 is 7.53. The van der Waals surface area contributed by atoms with Crippen LogP contribution >= 0.6 is 23.4 Å². The number of aromatic nitrogens is 2. The zero-order valence-corrected chi connectivity index (χ0v) is 17.2. The molecule has 0 atom stereocenters. The molecule has 1 amide bonds. The molecule has 0 spiro atoms. The number of nitrogens with zero attached hydrogens (tertiary/aromatic N) is 2. The average Bonchev–Trinajstić information content (AvgIpc) is 3.02. The van der Waals surface area contributed by atoms with Gasteiger partial charge in [0.25, 0.3) is 0 Å². The van der Waals surface area contributed by atoms with Gasteiger partial charge in [-0.25, -0.2) is 4.98 Å². The maximum Gasteiger partial charge on any atom is 0.230 e. The van der Waals surface area contributed by atoms with Gasteiger partial charge >= 0.3 is 0 Å². The van der Waals surface area contributed by atoms with Crippen LogP contribution in [-0.2, 0) is 16.1 Å². The third-order valence-electron chi connectivity index (χ3n) is 4.68. The molecule has 0 saturated carbocycles. The molecule has 0 fully saturated rings.